The molecule has 1 N–H and O–H groups in total. The molecule has 0 spiro atoms. The van der Waals surface area contributed by atoms with Gasteiger partial charge in [0.1, 0.15) is 0 Å². The highest BCUT2D eigenvalue weighted by Gasteiger charge is 1.98. The molecule has 0 bridgehead atoms. The largest absolute Gasteiger partial charge is 0.504 e. The zero-order valence-electron chi connectivity index (χ0n) is 6.24. The maximum Gasteiger partial charge on any atom is 0.161 e. The number of aromatic hydroxyl groups is 1. The molecule has 11 heavy (non-hydrogen) atoms. The first-order valence-corrected chi connectivity index (χ1v) is 3.20. The van der Waals surface area contributed by atoms with Gasteiger partial charge in [-0.05, 0) is 17.7 Å². The summed E-state index contributed by atoms with van der Waals surface area (Å²) in [6, 6.07) is 4.91. The number of hydrogen-bond acceptors (Lipinski definition) is 2. The number of benzene rings is 1. The van der Waals surface area contributed by atoms with Gasteiger partial charge in [0.25, 0.3) is 0 Å². The van der Waals surface area contributed by atoms with Crippen molar-refractivity contribution in [3.8, 4) is 11.5 Å². The summed E-state index contributed by atoms with van der Waals surface area (Å²) in [6.07, 6.45) is 1.45. The van der Waals surface area contributed by atoms with E-state index in [0.717, 1.165) is 5.56 Å². The van der Waals surface area contributed by atoms with E-state index in [1.54, 1.807) is 12.1 Å². The van der Waals surface area contributed by atoms with E-state index < -0.39 is 0 Å². The fourth-order valence-corrected chi connectivity index (χ4v) is 0.798. The SMILES string of the molecule is [CH]=Cc1ccc(O)c(OC)c1. The van der Waals surface area contributed by atoms with Gasteiger partial charge >= 0.3 is 0 Å². The molecule has 0 saturated carbocycles. The van der Waals surface area contributed by atoms with Gasteiger partial charge in [-0.25, -0.2) is 0 Å². The molecule has 2 nitrogen and oxygen atoms in total. The van der Waals surface area contributed by atoms with Crippen molar-refractivity contribution in [2.45, 2.75) is 0 Å². The van der Waals surface area contributed by atoms with Gasteiger partial charge in [0.2, 0.25) is 0 Å². The summed E-state index contributed by atoms with van der Waals surface area (Å²) in [7, 11) is 1.50. The minimum Gasteiger partial charge on any atom is -0.504 e. The van der Waals surface area contributed by atoms with Crippen LogP contribution in [0.1, 0.15) is 5.56 Å². The van der Waals surface area contributed by atoms with Gasteiger partial charge in [0.15, 0.2) is 11.5 Å². The summed E-state index contributed by atoms with van der Waals surface area (Å²) in [4.78, 5) is 0. The Hall–Kier alpha value is -1.44. The molecule has 0 aliphatic carbocycles. The third kappa shape index (κ3) is 1.52. The Bertz CT molecular complexity index is 266. The Morgan fingerprint density at radius 1 is 1.55 bits per heavy atom. The van der Waals surface area contributed by atoms with E-state index in [9.17, 15) is 0 Å². The smallest absolute Gasteiger partial charge is 0.161 e. The second-order valence-electron chi connectivity index (χ2n) is 2.10. The Morgan fingerprint density at radius 2 is 2.27 bits per heavy atom. The van der Waals surface area contributed by atoms with E-state index in [2.05, 4.69) is 0 Å². The number of hydrogen-bond donors (Lipinski definition) is 1. The van der Waals surface area contributed by atoms with E-state index in [1.807, 2.05) is 0 Å². The van der Waals surface area contributed by atoms with E-state index in [0.29, 0.717) is 5.75 Å². The van der Waals surface area contributed by atoms with Crippen LogP contribution in [-0.4, -0.2) is 12.2 Å². The highest BCUT2D eigenvalue weighted by Crippen LogP contribution is 2.26. The zero-order chi connectivity index (χ0) is 8.27. The van der Waals surface area contributed by atoms with Crippen LogP contribution in [0.3, 0.4) is 0 Å². The average Bonchev–Trinajstić information content (AvgIpc) is 2.05. The highest BCUT2D eigenvalue weighted by molar-refractivity contribution is 5.53. The molecule has 1 aromatic rings. The average molecular weight is 149 g/mol. The Balaban J connectivity index is 3.12. The van der Waals surface area contributed by atoms with E-state index in [4.69, 9.17) is 16.4 Å². The van der Waals surface area contributed by atoms with Crippen LogP contribution < -0.4 is 4.74 Å². The first-order chi connectivity index (χ1) is 5.27. The van der Waals surface area contributed by atoms with Crippen molar-refractivity contribution in [2.24, 2.45) is 0 Å². The molecule has 2 heteroatoms. The van der Waals surface area contributed by atoms with Crippen LogP contribution in [0.4, 0.5) is 0 Å². The van der Waals surface area contributed by atoms with Crippen molar-refractivity contribution in [1.82, 2.24) is 0 Å². The quantitative estimate of drug-likeness (QED) is 0.695. The van der Waals surface area contributed by atoms with Crippen LogP contribution in [0, 0.1) is 6.58 Å². The maximum absolute atomic E-state index is 9.15. The monoisotopic (exact) mass is 149 g/mol. The fourth-order valence-electron chi connectivity index (χ4n) is 0.798. The Kier molecular flexibility index (Phi) is 2.16. The van der Waals surface area contributed by atoms with Gasteiger partial charge in [0.05, 0.1) is 7.11 Å². The van der Waals surface area contributed by atoms with Crippen molar-refractivity contribution in [2.75, 3.05) is 7.11 Å². The highest BCUT2D eigenvalue weighted by atomic mass is 16.5. The summed E-state index contributed by atoms with van der Waals surface area (Å²) in [5.74, 6) is 0.558. The topological polar surface area (TPSA) is 29.5 Å². The normalized spacial score (nSPS) is 9.18. The predicted octanol–water partition coefficient (Wildman–Crippen LogP) is 1.85. The molecule has 0 aromatic heterocycles. The number of methoxy groups -OCH3 is 1. The van der Waals surface area contributed by atoms with Crippen molar-refractivity contribution in [3.63, 3.8) is 0 Å². The summed E-state index contributed by atoms with van der Waals surface area (Å²) < 4.78 is 4.86. The Labute approximate surface area is 65.7 Å². The minimum absolute atomic E-state index is 0.123. The molecule has 1 radical (unpaired) electrons. The molecule has 0 atom stereocenters. The predicted molar refractivity (Wildman–Crippen MR) is 43.4 cm³/mol. The maximum atomic E-state index is 9.15. The lowest BCUT2D eigenvalue weighted by molar-refractivity contribution is 0.373. The van der Waals surface area contributed by atoms with Crippen LogP contribution in [0.2, 0.25) is 0 Å². The first kappa shape index (κ1) is 7.66. The lowest BCUT2D eigenvalue weighted by Gasteiger charge is -2.02. The van der Waals surface area contributed by atoms with Crippen LogP contribution >= 0.6 is 0 Å². The third-order valence-corrected chi connectivity index (χ3v) is 1.40. The van der Waals surface area contributed by atoms with Crippen molar-refractivity contribution in [3.05, 3.63) is 30.3 Å². The Morgan fingerprint density at radius 3 is 2.82 bits per heavy atom. The summed E-state index contributed by atoms with van der Waals surface area (Å²) in [6.45, 7) is 5.26. The van der Waals surface area contributed by atoms with Gasteiger partial charge in [-0.3, -0.25) is 0 Å². The summed E-state index contributed by atoms with van der Waals surface area (Å²) in [5.41, 5.74) is 0.819. The molecular formula is C9H9O2. The molecule has 0 aliphatic rings. The van der Waals surface area contributed by atoms with Gasteiger partial charge in [0, 0.05) is 0 Å². The second-order valence-corrected chi connectivity index (χ2v) is 2.10. The molecule has 0 fully saturated rings. The van der Waals surface area contributed by atoms with Crippen molar-refractivity contribution < 1.29 is 9.84 Å². The molecule has 0 amide bonds. The van der Waals surface area contributed by atoms with Crippen LogP contribution in [0.25, 0.3) is 6.08 Å². The van der Waals surface area contributed by atoms with Gasteiger partial charge in [-0.1, -0.05) is 18.7 Å². The molecule has 1 aromatic carbocycles. The molecular weight excluding hydrogens is 140 g/mol. The second kappa shape index (κ2) is 3.10. The molecule has 0 unspecified atom stereocenters. The third-order valence-electron chi connectivity index (χ3n) is 1.40. The minimum atomic E-state index is 0.123. The van der Waals surface area contributed by atoms with Gasteiger partial charge in [-0.15, -0.1) is 0 Å². The van der Waals surface area contributed by atoms with Crippen LogP contribution in [0.15, 0.2) is 18.2 Å². The summed E-state index contributed by atoms with van der Waals surface area (Å²) in [5, 5.41) is 9.15. The van der Waals surface area contributed by atoms with Gasteiger partial charge in [-0.2, -0.15) is 0 Å². The fraction of sp³-hybridized carbons (Fsp3) is 0.111. The molecule has 0 saturated heterocycles. The van der Waals surface area contributed by atoms with Crippen molar-refractivity contribution in [1.29, 1.82) is 0 Å². The molecule has 57 valence electrons. The molecule has 1 rings (SSSR count). The van der Waals surface area contributed by atoms with E-state index in [1.165, 1.54) is 19.3 Å². The molecule has 0 aliphatic heterocycles. The van der Waals surface area contributed by atoms with E-state index >= 15 is 0 Å². The van der Waals surface area contributed by atoms with Crippen LogP contribution in [0.5, 0.6) is 11.5 Å². The van der Waals surface area contributed by atoms with Crippen molar-refractivity contribution >= 4 is 6.08 Å². The summed E-state index contributed by atoms with van der Waals surface area (Å²) >= 11 is 0. The first-order valence-electron chi connectivity index (χ1n) is 3.20. The standard InChI is InChI=1S/C9H9O2/c1-3-7-4-5-8(10)9(6-7)11-2/h1,3-6,10H,2H3. The zero-order valence-corrected chi connectivity index (χ0v) is 6.24. The molecule has 0 heterocycles. The lowest BCUT2D eigenvalue weighted by Crippen LogP contribution is -1.83. The number of rotatable bonds is 2. The number of phenolic OH excluding ortho intramolecular Hbond substituents is 1. The number of ether oxygens (including phenoxy) is 1. The van der Waals surface area contributed by atoms with Gasteiger partial charge < -0.3 is 9.84 Å². The lowest BCUT2D eigenvalue weighted by atomic mass is 10.2. The number of phenols is 1. The van der Waals surface area contributed by atoms with Crippen LogP contribution in [-0.2, 0) is 0 Å². The van der Waals surface area contributed by atoms with E-state index in [-0.39, 0.29) is 5.75 Å².